The van der Waals surface area contributed by atoms with Gasteiger partial charge in [0.05, 0.1) is 0 Å². The minimum Gasteiger partial charge on any atom is -0.299 e. The van der Waals surface area contributed by atoms with E-state index in [4.69, 9.17) is 0 Å². The monoisotopic (exact) mass is 332 g/mol. The highest BCUT2D eigenvalue weighted by atomic mass is 16.1. The number of rotatable bonds is 7. The first-order valence-electron chi connectivity index (χ1n) is 9.42. The van der Waals surface area contributed by atoms with Crippen molar-refractivity contribution in [1.29, 1.82) is 0 Å². The summed E-state index contributed by atoms with van der Waals surface area (Å²) in [6, 6.07) is 10.6. The maximum Gasteiger partial charge on any atom is 0.137 e. The number of Topliss-reactive ketones (excluding diaryl/α,β-unsaturated/α-hetero) is 1. The average Bonchev–Trinajstić information content (AvgIpc) is 3.16. The van der Waals surface area contributed by atoms with E-state index in [2.05, 4.69) is 69.3 Å². The van der Waals surface area contributed by atoms with Crippen LogP contribution in [-0.4, -0.2) is 5.78 Å². The molecular weight excluding hydrogens is 304 g/mol. The molecule has 1 nitrogen and oxygen atoms in total. The summed E-state index contributed by atoms with van der Waals surface area (Å²) in [7, 11) is 0. The number of allylic oxidation sites excluding steroid dienone is 8. The number of carbonyl (C=O) groups excluding carboxylic acids is 1. The molecule has 2 aliphatic rings. The molecule has 0 fully saturated rings. The van der Waals surface area contributed by atoms with E-state index in [0.29, 0.717) is 24.5 Å². The average molecular weight is 332 g/mol. The molecule has 0 aliphatic heterocycles. The SMILES string of the molecule is CCC1C(CCC(=O)CC2=CC(C)=C(C)C2)=CC=C1c1ccccc1. The Morgan fingerprint density at radius 2 is 1.88 bits per heavy atom. The van der Waals surface area contributed by atoms with E-state index in [1.165, 1.54) is 33.4 Å². The van der Waals surface area contributed by atoms with Crippen LogP contribution in [-0.2, 0) is 4.79 Å². The Morgan fingerprint density at radius 1 is 1.12 bits per heavy atom. The van der Waals surface area contributed by atoms with Crippen LogP contribution in [0.2, 0.25) is 0 Å². The molecule has 1 atom stereocenters. The molecule has 3 rings (SSSR count). The lowest BCUT2D eigenvalue weighted by Gasteiger charge is -2.18. The molecule has 0 saturated carbocycles. The molecule has 1 unspecified atom stereocenters. The van der Waals surface area contributed by atoms with Crippen LogP contribution in [0.3, 0.4) is 0 Å². The molecule has 2 aliphatic carbocycles. The number of hydrogen-bond acceptors (Lipinski definition) is 1. The van der Waals surface area contributed by atoms with Crippen molar-refractivity contribution in [3.8, 4) is 0 Å². The van der Waals surface area contributed by atoms with Gasteiger partial charge in [0, 0.05) is 18.8 Å². The second kappa shape index (κ2) is 7.82. The number of ketones is 1. The van der Waals surface area contributed by atoms with Gasteiger partial charge in [-0.15, -0.1) is 0 Å². The lowest BCUT2D eigenvalue weighted by Crippen LogP contribution is -2.06. The van der Waals surface area contributed by atoms with Gasteiger partial charge < -0.3 is 0 Å². The van der Waals surface area contributed by atoms with Crippen LogP contribution in [0.4, 0.5) is 0 Å². The lowest BCUT2D eigenvalue weighted by atomic mass is 9.86. The molecule has 0 aromatic heterocycles. The highest BCUT2D eigenvalue weighted by Gasteiger charge is 2.23. The van der Waals surface area contributed by atoms with Crippen LogP contribution in [0.15, 0.2) is 70.9 Å². The van der Waals surface area contributed by atoms with Crippen molar-refractivity contribution in [2.45, 2.75) is 52.9 Å². The molecular formula is C24H28O. The van der Waals surface area contributed by atoms with Gasteiger partial charge in [0.25, 0.3) is 0 Å². The van der Waals surface area contributed by atoms with Crippen LogP contribution < -0.4 is 0 Å². The molecule has 25 heavy (non-hydrogen) atoms. The summed E-state index contributed by atoms with van der Waals surface area (Å²) in [5.41, 5.74) is 8.16. The predicted octanol–water partition coefficient (Wildman–Crippen LogP) is 6.44. The Morgan fingerprint density at radius 3 is 2.52 bits per heavy atom. The van der Waals surface area contributed by atoms with Crippen LogP contribution >= 0.6 is 0 Å². The first kappa shape index (κ1) is 17.7. The van der Waals surface area contributed by atoms with Gasteiger partial charge >= 0.3 is 0 Å². The van der Waals surface area contributed by atoms with Crippen molar-refractivity contribution >= 4 is 11.4 Å². The summed E-state index contributed by atoms with van der Waals surface area (Å²) in [6.07, 6.45) is 10.9. The summed E-state index contributed by atoms with van der Waals surface area (Å²) >= 11 is 0. The zero-order valence-corrected chi connectivity index (χ0v) is 15.6. The van der Waals surface area contributed by atoms with E-state index in [1.807, 2.05) is 0 Å². The normalized spacial score (nSPS) is 19.8. The van der Waals surface area contributed by atoms with Gasteiger partial charge in [-0.25, -0.2) is 0 Å². The van der Waals surface area contributed by atoms with Crippen molar-refractivity contribution in [2.24, 2.45) is 5.92 Å². The Kier molecular flexibility index (Phi) is 5.53. The summed E-state index contributed by atoms with van der Waals surface area (Å²) in [6.45, 7) is 6.54. The third-order valence-corrected chi connectivity index (χ3v) is 5.52. The number of hydrogen-bond donors (Lipinski definition) is 0. The standard InChI is InChI=1S/C24H28O/c1-4-23-21(11-13-24(23)20-8-6-5-7-9-20)10-12-22(25)16-19-14-17(2)18(3)15-19/h5-9,11,13-14,23H,4,10,12,15-16H2,1-3H3. The van der Waals surface area contributed by atoms with E-state index < -0.39 is 0 Å². The van der Waals surface area contributed by atoms with Crippen LogP contribution in [0.25, 0.3) is 5.57 Å². The maximum absolute atomic E-state index is 12.4. The van der Waals surface area contributed by atoms with Gasteiger partial charge in [0.15, 0.2) is 0 Å². The topological polar surface area (TPSA) is 17.1 Å². The number of benzene rings is 1. The second-order valence-electron chi connectivity index (χ2n) is 7.35. The fraction of sp³-hybridized carbons (Fsp3) is 0.375. The highest BCUT2D eigenvalue weighted by Crippen LogP contribution is 2.38. The third-order valence-electron chi connectivity index (χ3n) is 5.52. The molecule has 1 heteroatoms. The van der Waals surface area contributed by atoms with E-state index in [1.54, 1.807) is 0 Å². The fourth-order valence-corrected chi connectivity index (χ4v) is 4.00. The van der Waals surface area contributed by atoms with Crippen molar-refractivity contribution in [1.82, 2.24) is 0 Å². The first-order chi connectivity index (χ1) is 12.1. The summed E-state index contributed by atoms with van der Waals surface area (Å²) in [5, 5.41) is 0. The quantitative estimate of drug-likeness (QED) is 0.561. The smallest absolute Gasteiger partial charge is 0.137 e. The molecule has 130 valence electrons. The van der Waals surface area contributed by atoms with Crippen molar-refractivity contribution in [2.75, 3.05) is 0 Å². The van der Waals surface area contributed by atoms with E-state index >= 15 is 0 Å². The Bertz CT molecular complexity index is 772. The summed E-state index contributed by atoms with van der Waals surface area (Å²) < 4.78 is 0. The number of carbonyl (C=O) groups is 1. The van der Waals surface area contributed by atoms with Crippen molar-refractivity contribution in [3.63, 3.8) is 0 Å². The van der Waals surface area contributed by atoms with Crippen LogP contribution in [0.1, 0.15) is 58.4 Å². The Hall–Kier alpha value is -2.15. The van der Waals surface area contributed by atoms with Crippen molar-refractivity contribution in [3.05, 3.63) is 76.4 Å². The highest BCUT2D eigenvalue weighted by molar-refractivity contribution is 5.82. The predicted molar refractivity (Wildman–Crippen MR) is 106 cm³/mol. The van der Waals surface area contributed by atoms with Gasteiger partial charge in [-0.2, -0.15) is 0 Å². The molecule has 1 aromatic carbocycles. The fourth-order valence-electron chi connectivity index (χ4n) is 4.00. The summed E-state index contributed by atoms with van der Waals surface area (Å²) in [4.78, 5) is 12.4. The second-order valence-corrected chi connectivity index (χ2v) is 7.35. The van der Waals surface area contributed by atoms with E-state index in [9.17, 15) is 4.79 Å². The van der Waals surface area contributed by atoms with Gasteiger partial charge in [0.1, 0.15) is 5.78 Å². The molecule has 0 heterocycles. The molecule has 0 N–H and O–H groups in total. The summed E-state index contributed by atoms with van der Waals surface area (Å²) in [5.74, 6) is 0.838. The van der Waals surface area contributed by atoms with Gasteiger partial charge in [0.2, 0.25) is 0 Å². The molecule has 0 amide bonds. The Labute approximate surface area is 151 Å². The van der Waals surface area contributed by atoms with Gasteiger partial charge in [-0.1, -0.05) is 77.8 Å². The van der Waals surface area contributed by atoms with E-state index in [-0.39, 0.29) is 0 Å². The largest absolute Gasteiger partial charge is 0.299 e. The van der Waals surface area contributed by atoms with Crippen LogP contribution in [0.5, 0.6) is 0 Å². The third kappa shape index (κ3) is 4.10. The van der Waals surface area contributed by atoms with Crippen LogP contribution in [0, 0.1) is 5.92 Å². The van der Waals surface area contributed by atoms with Gasteiger partial charge in [-0.3, -0.25) is 4.79 Å². The first-order valence-corrected chi connectivity index (χ1v) is 9.42. The molecule has 0 saturated heterocycles. The molecule has 0 spiro atoms. The minimum atomic E-state index is 0.373. The van der Waals surface area contributed by atoms with E-state index in [0.717, 1.165) is 19.3 Å². The van der Waals surface area contributed by atoms with Gasteiger partial charge in [-0.05, 0) is 44.2 Å². The zero-order chi connectivity index (χ0) is 17.8. The molecule has 0 bridgehead atoms. The lowest BCUT2D eigenvalue weighted by molar-refractivity contribution is -0.118. The molecule has 0 radical (unpaired) electrons. The maximum atomic E-state index is 12.4. The minimum absolute atomic E-state index is 0.373. The Balaban J connectivity index is 1.54. The van der Waals surface area contributed by atoms with Crippen molar-refractivity contribution < 1.29 is 4.79 Å². The zero-order valence-electron chi connectivity index (χ0n) is 15.6. The molecule has 1 aromatic rings.